The summed E-state index contributed by atoms with van der Waals surface area (Å²) in [6.07, 6.45) is 6.51. The van der Waals surface area contributed by atoms with Crippen molar-refractivity contribution in [3.8, 4) is 5.75 Å². The average Bonchev–Trinajstić information content (AvgIpc) is 3.07. The van der Waals surface area contributed by atoms with E-state index in [-0.39, 0.29) is 0 Å². The molecular formula is C17H25NOS. The molecule has 0 spiro atoms. The highest BCUT2D eigenvalue weighted by molar-refractivity contribution is 7.99. The number of hydrogen-bond acceptors (Lipinski definition) is 3. The zero-order chi connectivity index (χ0) is 13.9. The fourth-order valence-electron chi connectivity index (χ4n) is 3.64. The molecule has 0 radical (unpaired) electrons. The molecular weight excluding hydrogens is 266 g/mol. The van der Waals surface area contributed by atoms with Gasteiger partial charge in [-0.25, -0.2) is 0 Å². The number of fused-ring (bicyclic) bond motifs is 1. The molecule has 3 heteroatoms. The molecule has 1 saturated carbocycles. The van der Waals surface area contributed by atoms with E-state index in [1.54, 1.807) is 7.11 Å². The van der Waals surface area contributed by atoms with Crippen molar-refractivity contribution in [1.29, 1.82) is 0 Å². The van der Waals surface area contributed by atoms with E-state index in [4.69, 9.17) is 4.74 Å². The van der Waals surface area contributed by atoms with Gasteiger partial charge in [0.1, 0.15) is 5.75 Å². The molecule has 1 aromatic rings. The third kappa shape index (κ3) is 2.99. The first-order valence-corrected chi connectivity index (χ1v) is 8.89. The maximum atomic E-state index is 5.38. The molecule has 2 aliphatic rings. The van der Waals surface area contributed by atoms with Crippen LogP contribution in [-0.2, 0) is 6.42 Å². The number of rotatable bonds is 5. The summed E-state index contributed by atoms with van der Waals surface area (Å²) < 4.78 is 5.38. The monoisotopic (exact) mass is 291 g/mol. The van der Waals surface area contributed by atoms with Crippen LogP contribution in [0.15, 0.2) is 18.2 Å². The molecule has 0 saturated heterocycles. The van der Waals surface area contributed by atoms with Gasteiger partial charge in [0.15, 0.2) is 0 Å². The van der Waals surface area contributed by atoms with Crippen molar-refractivity contribution in [3.63, 3.8) is 0 Å². The molecule has 0 bridgehead atoms. The van der Waals surface area contributed by atoms with Crippen LogP contribution in [0.25, 0.3) is 0 Å². The Hall–Kier alpha value is -0.670. The number of nitrogens with one attached hydrogen (secondary N) is 1. The van der Waals surface area contributed by atoms with Crippen LogP contribution in [0.3, 0.4) is 0 Å². The molecule has 20 heavy (non-hydrogen) atoms. The van der Waals surface area contributed by atoms with Gasteiger partial charge in [0.25, 0.3) is 0 Å². The zero-order valence-corrected chi connectivity index (χ0v) is 13.3. The van der Waals surface area contributed by atoms with Gasteiger partial charge < -0.3 is 10.1 Å². The Bertz CT molecular complexity index is 462. The summed E-state index contributed by atoms with van der Waals surface area (Å²) in [6, 6.07) is 7.80. The summed E-state index contributed by atoms with van der Waals surface area (Å²) >= 11 is 2.13. The van der Waals surface area contributed by atoms with Crippen molar-refractivity contribution in [2.24, 2.45) is 0 Å². The third-order valence-electron chi connectivity index (χ3n) is 4.65. The van der Waals surface area contributed by atoms with Gasteiger partial charge in [-0.05, 0) is 61.1 Å². The van der Waals surface area contributed by atoms with Crippen LogP contribution in [0.4, 0.5) is 0 Å². The summed E-state index contributed by atoms with van der Waals surface area (Å²) in [5.41, 5.74) is 2.97. The van der Waals surface area contributed by atoms with Crippen molar-refractivity contribution in [2.75, 3.05) is 12.9 Å². The first-order chi connectivity index (χ1) is 9.80. The zero-order valence-electron chi connectivity index (χ0n) is 12.5. The van der Waals surface area contributed by atoms with Crippen molar-refractivity contribution < 1.29 is 4.74 Å². The molecule has 3 rings (SSSR count). The normalized spacial score (nSPS) is 28.6. The Morgan fingerprint density at radius 1 is 1.30 bits per heavy atom. The van der Waals surface area contributed by atoms with E-state index >= 15 is 0 Å². The number of aryl methyl sites for hydroxylation is 1. The van der Waals surface area contributed by atoms with Crippen molar-refractivity contribution in [3.05, 3.63) is 29.3 Å². The van der Waals surface area contributed by atoms with Crippen LogP contribution in [-0.4, -0.2) is 24.2 Å². The van der Waals surface area contributed by atoms with Crippen LogP contribution in [0.5, 0.6) is 5.75 Å². The van der Waals surface area contributed by atoms with E-state index in [2.05, 4.69) is 42.2 Å². The highest BCUT2D eigenvalue weighted by Gasteiger charge is 2.29. The Morgan fingerprint density at radius 2 is 2.20 bits per heavy atom. The highest BCUT2D eigenvalue weighted by atomic mass is 32.2. The smallest absolute Gasteiger partial charge is 0.119 e. The first kappa shape index (κ1) is 14.3. The molecule has 3 atom stereocenters. The Morgan fingerprint density at radius 3 is 3.00 bits per heavy atom. The summed E-state index contributed by atoms with van der Waals surface area (Å²) in [6.45, 7) is 2.27. The lowest BCUT2D eigenvalue weighted by Gasteiger charge is -2.20. The molecule has 0 heterocycles. The van der Waals surface area contributed by atoms with Crippen LogP contribution < -0.4 is 10.1 Å². The molecule has 2 aliphatic carbocycles. The van der Waals surface area contributed by atoms with Gasteiger partial charge in [0.05, 0.1) is 7.11 Å². The quantitative estimate of drug-likeness (QED) is 0.887. The lowest BCUT2D eigenvalue weighted by molar-refractivity contribution is 0.410. The summed E-state index contributed by atoms with van der Waals surface area (Å²) in [7, 11) is 1.75. The second-order valence-electron chi connectivity index (χ2n) is 5.91. The second-order valence-corrected chi connectivity index (χ2v) is 7.49. The van der Waals surface area contributed by atoms with E-state index in [0.717, 1.165) is 11.0 Å². The lowest BCUT2D eigenvalue weighted by Crippen LogP contribution is -2.30. The van der Waals surface area contributed by atoms with Crippen molar-refractivity contribution in [2.45, 2.75) is 56.4 Å². The van der Waals surface area contributed by atoms with Gasteiger partial charge in [0, 0.05) is 17.3 Å². The lowest BCUT2D eigenvalue weighted by atomic mass is 10.1. The Balaban J connectivity index is 1.63. The van der Waals surface area contributed by atoms with Crippen LogP contribution >= 0.6 is 11.8 Å². The molecule has 0 aromatic heterocycles. The molecule has 1 N–H and O–H groups in total. The first-order valence-electron chi connectivity index (χ1n) is 7.84. The number of benzene rings is 1. The van der Waals surface area contributed by atoms with Gasteiger partial charge in [-0.1, -0.05) is 13.0 Å². The number of methoxy groups -OCH3 is 1. The van der Waals surface area contributed by atoms with Crippen LogP contribution in [0, 0.1) is 0 Å². The third-order valence-corrected chi connectivity index (χ3v) is 5.89. The predicted octanol–water partition coefficient (Wildman–Crippen LogP) is 3.95. The fourth-order valence-corrected chi connectivity index (χ4v) is 4.79. The minimum absolute atomic E-state index is 0.537. The SMILES string of the molecule is CCSC1CCC(NC2CCc3ccc(OC)cc32)C1. The Kier molecular flexibility index (Phi) is 4.57. The number of ether oxygens (including phenoxy) is 1. The minimum atomic E-state index is 0.537. The van der Waals surface area contributed by atoms with E-state index in [1.807, 2.05) is 0 Å². The van der Waals surface area contributed by atoms with Crippen molar-refractivity contribution >= 4 is 11.8 Å². The van der Waals surface area contributed by atoms with Gasteiger partial charge in [-0.2, -0.15) is 11.8 Å². The molecule has 1 fully saturated rings. The second kappa shape index (κ2) is 6.40. The average molecular weight is 291 g/mol. The van der Waals surface area contributed by atoms with Gasteiger partial charge in [-0.3, -0.25) is 0 Å². The maximum Gasteiger partial charge on any atom is 0.119 e. The highest BCUT2D eigenvalue weighted by Crippen LogP contribution is 2.36. The van der Waals surface area contributed by atoms with Gasteiger partial charge in [-0.15, -0.1) is 0 Å². The largest absolute Gasteiger partial charge is 0.497 e. The van der Waals surface area contributed by atoms with Crippen molar-refractivity contribution in [1.82, 2.24) is 5.32 Å². The summed E-state index contributed by atoms with van der Waals surface area (Å²) in [4.78, 5) is 0. The summed E-state index contributed by atoms with van der Waals surface area (Å²) in [5.74, 6) is 2.24. The molecule has 2 nitrogen and oxygen atoms in total. The van der Waals surface area contributed by atoms with Crippen LogP contribution in [0.1, 0.15) is 49.8 Å². The van der Waals surface area contributed by atoms with Gasteiger partial charge in [0.2, 0.25) is 0 Å². The number of hydrogen-bond donors (Lipinski definition) is 1. The van der Waals surface area contributed by atoms with E-state index < -0.39 is 0 Å². The minimum Gasteiger partial charge on any atom is -0.497 e. The molecule has 1 aromatic carbocycles. The van der Waals surface area contributed by atoms with E-state index in [1.165, 1.54) is 49.0 Å². The fraction of sp³-hybridized carbons (Fsp3) is 0.647. The molecule has 3 unspecified atom stereocenters. The molecule has 110 valence electrons. The predicted molar refractivity (Wildman–Crippen MR) is 86.8 cm³/mol. The van der Waals surface area contributed by atoms with E-state index in [9.17, 15) is 0 Å². The maximum absolute atomic E-state index is 5.38. The molecule has 0 aliphatic heterocycles. The van der Waals surface area contributed by atoms with Gasteiger partial charge >= 0.3 is 0 Å². The van der Waals surface area contributed by atoms with E-state index in [0.29, 0.717) is 12.1 Å². The Labute approximate surface area is 126 Å². The standard InChI is InChI=1S/C17H25NOS/c1-3-20-15-8-6-13(10-15)18-17-9-5-12-4-7-14(19-2)11-16(12)17/h4,7,11,13,15,17-18H,3,5-6,8-10H2,1-2H3. The molecule has 0 amide bonds. The summed E-state index contributed by atoms with van der Waals surface area (Å²) in [5, 5.41) is 4.78. The number of thioether (sulfide) groups is 1. The van der Waals surface area contributed by atoms with Crippen LogP contribution in [0.2, 0.25) is 0 Å². The topological polar surface area (TPSA) is 21.3 Å².